The number of amides is 1. The van der Waals surface area contributed by atoms with E-state index in [2.05, 4.69) is 5.43 Å². The summed E-state index contributed by atoms with van der Waals surface area (Å²) in [7, 11) is 0. The molecule has 0 bridgehead atoms. The number of benzene rings is 2. The fourth-order valence-corrected chi connectivity index (χ4v) is 2.18. The molecule has 2 aromatic rings. The molecule has 0 aliphatic heterocycles. The van der Waals surface area contributed by atoms with Crippen molar-refractivity contribution in [3.8, 4) is 0 Å². The Hall–Kier alpha value is -2.33. The lowest BCUT2D eigenvalue weighted by atomic mass is 10.1. The van der Waals surface area contributed by atoms with Gasteiger partial charge in [-0.3, -0.25) is 10.6 Å². The van der Waals surface area contributed by atoms with E-state index in [4.69, 9.17) is 5.84 Å². The van der Waals surface area contributed by atoms with Crippen LogP contribution >= 0.6 is 0 Å². The van der Waals surface area contributed by atoms with Gasteiger partial charge in [0.1, 0.15) is 0 Å². The smallest absolute Gasteiger partial charge is 0.260 e. The molecule has 0 saturated heterocycles. The molecule has 4 heteroatoms. The first-order valence-electron chi connectivity index (χ1n) is 6.61. The predicted molar refractivity (Wildman–Crippen MR) is 82.8 cm³/mol. The van der Waals surface area contributed by atoms with Gasteiger partial charge in [-0.1, -0.05) is 24.3 Å². The van der Waals surface area contributed by atoms with Crippen LogP contribution in [0.2, 0.25) is 0 Å². The highest BCUT2D eigenvalue weighted by Gasteiger charge is 2.18. The van der Waals surface area contributed by atoms with E-state index in [1.807, 2.05) is 50.2 Å². The zero-order chi connectivity index (χ0) is 14.5. The molecule has 0 aliphatic carbocycles. The summed E-state index contributed by atoms with van der Waals surface area (Å²) in [5.41, 5.74) is 5.78. The number of nitrogens with two attached hydrogens (primary N) is 1. The Morgan fingerprint density at radius 1 is 1.20 bits per heavy atom. The topological polar surface area (TPSA) is 58.4 Å². The van der Waals surface area contributed by atoms with Crippen LogP contribution in [0.15, 0.2) is 48.5 Å². The Balaban J connectivity index is 2.39. The lowest BCUT2D eigenvalue weighted by Gasteiger charge is -2.22. The molecule has 1 amide bonds. The van der Waals surface area contributed by atoms with Gasteiger partial charge in [0.2, 0.25) is 0 Å². The minimum atomic E-state index is -0.0633. The van der Waals surface area contributed by atoms with Crippen molar-refractivity contribution in [1.82, 2.24) is 0 Å². The summed E-state index contributed by atoms with van der Waals surface area (Å²) in [6, 6.07) is 15.1. The Labute approximate surface area is 119 Å². The predicted octanol–water partition coefficient (Wildman–Crippen LogP) is 2.95. The third-order valence-electron chi connectivity index (χ3n) is 3.19. The van der Waals surface area contributed by atoms with Crippen LogP contribution in [0.1, 0.15) is 22.8 Å². The van der Waals surface area contributed by atoms with Gasteiger partial charge >= 0.3 is 0 Å². The van der Waals surface area contributed by atoms with Crippen LogP contribution < -0.4 is 16.2 Å². The molecule has 104 valence electrons. The van der Waals surface area contributed by atoms with Crippen molar-refractivity contribution < 1.29 is 4.79 Å². The lowest BCUT2D eigenvalue weighted by molar-refractivity contribution is 0.0989. The molecule has 20 heavy (non-hydrogen) atoms. The maximum atomic E-state index is 12.7. The van der Waals surface area contributed by atoms with Crippen LogP contribution in [0.3, 0.4) is 0 Å². The molecule has 0 unspecified atom stereocenters. The van der Waals surface area contributed by atoms with Gasteiger partial charge in [0.25, 0.3) is 5.91 Å². The van der Waals surface area contributed by atoms with Gasteiger partial charge in [0.05, 0.1) is 11.3 Å². The van der Waals surface area contributed by atoms with Gasteiger partial charge in [-0.25, -0.2) is 0 Å². The van der Waals surface area contributed by atoms with Crippen LogP contribution in [0.4, 0.5) is 11.4 Å². The molecule has 0 aliphatic rings. The van der Waals surface area contributed by atoms with Crippen molar-refractivity contribution >= 4 is 17.3 Å². The Bertz CT molecular complexity index is 610. The normalized spacial score (nSPS) is 10.2. The number of rotatable bonds is 4. The number of carbonyl (C=O) groups is 1. The van der Waals surface area contributed by atoms with E-state index in [1.54, 1.807) is 17.0 Å². The summed E-state index contributed by atoms with van der Waals surface area (Å²) in [5, 5.41) is 0. The highest BCUT2D eigenvalue weighted by molar-refractivity contribution is 6.09. The summed E-state index contributed by atoms with van der Waals surface area (Å²) < 4.78 is 0. The van der Waals surface area contributed by atoms with Gasteiger partial charge in [-0.05, 0) is 43.7 Å². The monoisotopic (exact) mass is 269 g/mol. The first-order valence-corrected chi connectivity index (χ1v) is 6.61. The Morgan fingerprint density at radius 3 is 2.60 bits per heavy atom. The maximum Gasteiger partial charge on any atom is 0.260 e. The molecule has 2 aromatic carbocycles. The number of para-hydroxylation sites is 1. The largest absolute Gasteiger partial charge is 0.323 e. The van der Waals surface area contributed by atoms with Crippen molar-refractivity contribution in [3.05, 3.63) is 59.7 Å². The molecule has 0 spiro atoms. The van der Waals surface area contributed by atoms with Gasteiger partial charge < -0.3 is 10.3 Å². The minimum Gasteiger partial charge on any atom is -0.323 e. The van der Waals surface area contributed by atoms with Gasteiger partial charge in [-0.2, -0.15) is 0 Å². The number of nitrogen functional groups attached to an aromatic ring is 1. The molecule has 0 atom stereocenters. The highest BCUT2D eigenvalue weighted by Crippen LogP contribution is 2.22. The third kappa shape index (κ3) is 2.81. The number of anilines is 2. The van der Waals surface area contributed by atoms with E-state index in [-0.39, 0.29) is 5.91 Å². The van der Waals surface area contributed by atoms with Gasteiger partial charge in [0, 0.05) is 12.2 Å². The summed E-state index contributed by atoms with van der Waals surface area (Å²) in [6.07, 6.45) is 0. The number of nitrogens with one attached hydrogen (secondary N) is 1. The number of carbonyl (C=O) groups excluding carboxylic acids is 1. The average Bonchev–Trinajstić information content (AvgIpc) is 2.48. The third-order valence-corrected chi connectivity index (χ3v) is 3.19. The molecule has 2 rings (SSSR count). The summed E-state index contributed by atoms with van der Waals surface area (Å²) in [6.45, 7) is 4.57. The summed E-state index contributed by atoms with van der Waals surface area (Å²) >= 11 is 0. The van der Waals surface area contributed by atoms with Crippen LogP contribution in [-0.2, 0) is 0 Å². The van der Waals surface area contributed by atoms with Crippen LogP contribution in [0.25, 0.3) is 0 Å². The van der Waals surface area contributed by atoms with Crippen molar-refractivity contribution in [1.29, 1.82) is 0 Å². The second-order valence-corrected chi connectivity index (χ2v) is 4.58. The number of hydrogen-bond donors (Lipinski definition) is 2. The molecular formula is C16H19N3O. The molecule has 0 radical (unpaired) electrons. The summed E-state index contributed by atoms with van der Waals surface area (Å²) in [5.74, 6) is 5.41. The number of hydrazine groups is 1. The van der Waals surface area contributed by atoms with Gasteiger partial charge in [0.15, 0.2) is 0 Å². The van der Waals surface area contributed by atoms with Crippen molar-refractivity contribution in [3.63, 3.8) is 0 Å². The molecule has 0 fully saturated rings. The van der Waals surface area contributed by atoms with Crippen LogP contribution in [0.5, 0.6) is 0 Å². The van der Waals surface area contributed by atoms with Crippen LogP contribution in [-0.4, -0.2) is 12.5 Å². The Kier molecular flexibility index (Phi) is 4.38. The molecule has 0 aromatic heterocycles. The van der Waals surface area contributed by atoms with E-state index >= 15 is 0 Å². The van der Waals surface area contributed by atoms with E-state index in [0.29, 0.717) is 17.8 Å². The standard InChI is InChI=1S/C16H19N3O/c1-3-19(13-8-6-7-12(2)11-13)16(20)14-9-4-5-10-15(14)18-17/h4-11,18H,3,17H2,1-2H3. The second kappa shape index (κ2) is 6.21. The van der Waals surface area contributed by atoms with E-state index in [9.17, 15) is 4.79 Å². The quantitative estimate of drug-likeness (QED) is 0.662. The van der Waals surface area contributed by atoms with Crippen molar-refractivity contribution in [2.45, 2.75) is 13.8 Å². The fraction of sp³-hybridized carbons (Fsp3) is 0.188. The number of aryl methyl sites for hydroxylation is 1. The van der Waals surface area contributed by atoms with Gasteiger partial charge in [-0.15, -0.1) is 0 Å². The second-order valence-electron chi connectivity index (χ2n) is 4.58. The Morgan fingerprint density at radius 2 is 1.95 bits per heavy atom. The highest BCUT2D eigenvalue weighted by atomic mass is 16.2. The van der Waals surface area contributed by atoms with Crippen molar-refractivity contribution in [2.75, 3.05) is 16.9 Å². The zero-order valence-corrected chi connectivity index (χ0v) is 11.8. The zero-order valence-electron chi connectivity index (χ0n) is 11.8. The van der Waals surface area contributed by atoms with Crippen LogP contribution in [0, 0.1) is 6.92 Å². The number of hydrogen-bond acceptors (Lipinski definition) is 3. The van der Waals surface area contributed by atoms with E-state index in [1.165, 1.54) is 0 Å². The lowest BCUT2D eigenvalue weighted by Crippen LogP contribution is -2.31. The molecule has 0 heterocycles. The molecule has 4 nitrogen and oxygen atoms in total. The molecular weight excluding hydrogens is 250 g/mol. The van der Waals surface area contributed by atoms with E-state index in [0.717, 1.165) is 11.3 Å². The summed E-state index contributed by atoms with van der Waals surface area (Å²) in [4.78, 5) is 14.4. The first-order chi connectivity index (χ1) is 9.67. The maximum absolute atomic E-state index is 12.7. The average molecular weight is 269 g/mol. The fourth-order valence-electron chi connectivity index (χ4n) is 2.18. The minimum absolute atomic E-state index is 0.0633. The van der Waals surface area contributed by atoms with E-state index < -0.39 is 0 Å². The number of nitrogens with zero attached hydrogens (tertiary/aromatic N) is 1. The SMILES string of the molecule is CCN(C(=O)c1ccccc1NN)c1cccc(C)c1. The van der Waals surface area contributed by atoms with Crippen molar-refractivity contribution in [2.24, 2.45) is 5.84 Å². The first kappa shape index (κ1) is 14.1. The molecule has 3 N–H and O–H groups in total. The molecule has 0 saturated carbocycles.